The molecule has 29 heavy (non-hydrogen) atoms. The summed E-state index contributed by atoms with van der Waals surface area (Å²) < 4.78 is 0. The smallest absolute Gasteiger partial charge is 0.269 e. The number of nitrogens with zero attached hydrogens (tertiary/aromatic N) is 1. The fraction of sp³-hybridized carbons (Fsp3) is 0.480. The average Bonchev–Trinajstić information content (AvgIpc) is 2.66. The van der Waals surface area contributed by atoms with E-state index in [-0.39, 0.29) is 17.4 Å². The lowest BCUT2D eigenvalue weighted by Gasteiger charge is -2.48. The zero-order chi connectivity index (χ0) is 21.8. The van der Waals surface area contributed by atoms with Crippen LogP contribution >= 0.6 is 0 Å². The number of carbonyl (C=O) groups excluding carboxylic acids is 1. The second-order valence-corrected chi connectivity index (χ2v) is 9.43. The van der Waals surface area contributed by atoms with Gasteiger partial charge in [0.05, 0.1) is 6.54 Å². The normalized spacial score (nSPS) is 25.0. The van der Waals surface area contributed by atoms with E-state index in [1.54, 1.807) is 12.1 Å². The largest absolute Gasteiger partial charge is 0.398 e. The first kappa shape index (κ1) is 23.0. The topological polar surface area (TPSA) is 66.6 Å². The molecule has 3 atom stereocenters. The molecule has 0 aliphatic heterocycles. The van der Waals surface area contributed by atoms with Crippen LogP contribution in [0.4, 0.5) is 5.69 Å². The first-order valence-corrected chi connectivity index (χ1v) is 10.3. The molecule has 4 nitrogen and oxygen atoms in total. The van der Waals surface area contributed by atoms with Crippen molar-refractivity contribution in [2.75, 3.05) is 12.3 Å². The molecule has 2 rings (SSSR count). The molecule has 1 amide bonds. The summed E-state index contributed by atoms with van der Waals surface area (Å²) in [6, 6.07) is 7.32. The maximum atomic E-state index is 12.4. The Morgan fingerprint density at radius 1 is 1.41 bits per heavy atom. The molecule has 0 unspecified atom stereocenters. The van der Waals surface area contributed by atoms with Gasteiger partial charge in [-0.05, 0) is 66.6 Å². The summed E-state index contributed by atoms with van der Waals surface area (Å²) in [7, 11) is 0. The number of allylic oxidation sites excluding steroid dienone is 2. The highest BCUT2D eigenvalue weighted by atomic mass is 16.5. The lowest BCUT2D eigenvalue weighted by molar-refractivity contribution is -0.168. The molecule has 1 aromatic carbocycles. The number of carbonyl (C=O) groups is 1. The van der Waals surface area contributed by atoms with Crippen molar-refractivity contribution in [1.29, 1.82) is 0 Å². The standard InChI is InChI=1S/C25H36N2O2/c1-7-25(6)15-14-20(16-21(25)18(2)3)24(4,5)17-27(29)23(28)13-12-19-10-8-9-11-22(19)26/h7-13,20-21,29H,1-2,14-17,26H2,3-6H3/b13-12+/t20-,21+,25-/m1/s1. The van der Waals surface area contributed by atoms with Gasteiger partial charge in [-0.25, -0.2) is 5.06 Å². The Hall–Kier alpha value is -2.33. The van der Waals surface area contributed by atoms with Gasteiger partial charge in [-0.1, -0.05) is 57.2 Å². The maximum Gasteiger partial charge on any atom is 0.269 e. The highest BCUT2D eigenvalue weighted by molar-refractivity contribution is 5.91. The molecule has 0 aromatic heterocycles. The molecule has 1 saturated carbocycles. The average molecular weight is 397 g/mol. The second kappa shape index (κ2) is 9.00. The second-order valence-electron chi connectivity index (χ2n) is 9.43. The fourth-order valence-electron chi connectivity index (χ4n) is 4.55. The van der Waals surface area contributed by atoms with Gasteiger partial charge in [-0.15, -0.1) is 6.58 Å². The van der Waals surface area contributed by atoms with Crippen molar-refractivity contribution >= 4 is 17.7 Å². The van der Waals surface area contributed by atoms with Gasteiger partial charge in [0.1, 0.15) is 0 Å². The summed E-state index contributed by atoms with van der Waals surface area (Å²) in [4.78, 5) is 12.4. The molecular weight excluding hydrogens is 360 g/mol. The van der Waals surface area contributed by atoms with Crippen molar-refractivity contribution in [3.63, 3.8) is 0 Å². The summed E-state index contributed by atoms with van der Waals surface area (Å²) >= 11 is 0. The number of para-hydroxylation sites is 1. The SMILES string of the molecule is C=C[C@]1(C)CC[C@@H](C(C)(C)CN(O)C(=O)/C=C/c2ccccc2N)C[C@H]1C(=C)C. The number of anilines is 1. The van der Waals surface area contributed by atoms with E-state index < -0.39 is 5.91 Å². The number of nitrogens with two attached hydrogens (primary N) is 1. The van der Waals surface area contributed by atoms with Gasteiger partial charge < -0.3 is 5.73 Å². The third-order valence-corrected chi connectivity index (χ3v) is 6.73. The Labute approximate surface area is 175 Å². The molecule has 0 bridgehead atoms. The van der Waals surface area contributed by atoms with Crippen LogP contribution in [0, 0.1) is 22.7 Å². The van der Waals surface area contributed by atoms with Crippen LogP contribution in [-0.2, 0) is 4.79 Å². The quantitative estimate of drug-likeness (QED) is 0.204. The first-order valence-electron chi connectivity index (χ1n) is 10.3. The minimum absolute atomic E-state index is 0.0610. The molecule has 1 aliphatic rings. The summed E-state index contributed by atoms with van der Waals surface area (Å²) in [5, 5.41) is 11.2. The van der Waals surface area contributed by atoms with E-state index in [9.17, 15) is 10.0 Å². The van der Waals surface area contributed by atoms with Crippen molar-refractivity contribution in [2.45, 2.75) is 47.0 Å². The number of benzene rings is 1. The molecule has 0 spiro atoms. The predicted molar refractivity (Wildman–Crippen MR) is 121 cm³/mol. The molecular formula is C25H36N2O2. The molecule has 1 aromatic rings. The molecule has 0 saturated heterocycles. The monoisotopic (exact) mass is 396 g/mol. The van der Waals surface area contributed by atoms with Gasteiger partial charge in [0, 0.05) is 11.8 Å². The van der Waals surface area contributed by atoms with Gasteiger partial charge in [0.2, 0.25) is 0 Å². The lowest BCUT2D eigenvalue weighted by atomic mass is 9.57. The van der Waals surface area contributed by atoms with Crippen LogP contribution in [-0.4, -0.2) is 22.7 Å². The van der Waals surface area contributed by atoms with Gasteiger partial charge in [0.15, 0.2) is 0 Å². The highest BCUT2D eigenvalue weighted by Crippen LogP contribution is 2.51. The Balaban J connectivity index is 2.06. The van der Waals surface area contributed by atoms with E-state index in [2.05, 4.69) is 46.9 Å². The van der Waals surface area contributed by atoms with E-state index in [1.165, 1.54) is 11.6 Å². The Bertz CT molecular complexity index is 796. The first-order chi connectivity index (χ1) is 13.5. The van der Waals surface area contributed by atoms with Crippen molar-refractivity contribution < 1.29 is 10.0 Å². The number of hydrogen-bond acceptors (Lipinski definition) is 3. The van der Waals surface area contributed by atoms with Crippen LogP contribution in [0.3, 0.4) is 0 Å². The third kappa shape index (κ3) is 5.39. The van der Waals surface area contributed by atoms with Crippen LogP contribution in [0.25, 0.3) is 6.08 Å². The zero-order valence-corrected chi connectivity index (χ0v) is 18.3. The molecule has 0 heterocycles. The van der Waals surface area contributed by atoms with Crippen LogP contribution in [0.15, 0.2) is 55.1 Å². The van der Waals surface area contributed by atoms with Crippen molar-refractivity contribution in [3.8, 4) is 0 Å². The van der Waals surface area contributed by atoms with Crippen LogP contribution in [0.5, 0.6) is 0 Å². The summed E-state index contributed by atoms with van der Waals surface area (Å²) in [6.45, 7) is 17.1. The maximum absolute atomic E-state index is 12.4. The number of nitrogen functional groups attached to an aromatic ring is 1. The Kier molecular flexibility index (Phi) is 7.12. The third-order valence-electron chi connectivity index (χ3n) is 6.73. The fourth-order valence-corrected chi connectivity index (χ4v) is 4.55. The van der Waals surface area contributed by atoms with E-state index in [0.717, 1.165) is 29.9 Å². The van der Waals surface area contributed by atoms with Gasteiger partial charge in [0.25, 0.3) is 5.91 Å². The van der Waals surface area contributed by atoms with Gasteiger partial charge in [-0.3, -0.25) is 10.0 Å². The van der Waals surface area contributed by atoms with E-state index in [4.69, 9.17) is 5.73 Å². The van der Waals surface area contributed by atoms with E-state index >= 15 is 0 Å². The molecule has 158 valence electrons. The minimum atomic E-state index is -0.440. The van der Waals surface area contributed by atoms with Crippen LogP contribution in [0.2, 0.25) is 0 Å². The van der Waals surface area contributed by atoms with E-state index in [1.807, 2.05) is 18.2 Å². The van der Waals surface area contributed by atoms with Crippen LogP contribution < -0.4 is 5.73 Å². The molecule has 4 heteroatoms. The Morgan fingerprint density at radius 2 is 2.07 bits per heavy atom. The summed E-state index contributed by atoms with van der Waals surface area (Å²) in [6.07, 6.45) is 8.14. The van der Waals surface area contributed by atoms with E-state index in [0.29, 0.717) is 17.5 Å². The molecule has 1 fully saturated rings. The van der Waals surface area contributed by atoms with Gasteiger partial charge >= 0.3 is 0 Å². The predicted octanol–water partition coefficient (Wildman–Crippen LogP) is 5.71. The Morgan fingerprint density at radius 3 is 2.66 bits per heavy atom. The number of hydrogen-bond donors (Lipinski definition) is 2. The summed E-state index contributed by atoms with van der Waals surface area (Å²) in [5.74, 6) is 0.305. The lowest BCUT2D eigenvalue weighted by Crippen LogP contribution is -2.44. The zero-order valence-electron chi connectivity index (χ0n) is 18.3. The number of amides is 1. The van der Waals surface area contributed by atoms with Crippen molar-refractivity contribution in [3.05, 3.63) is 60.7 Å². The minimum Gasteiger partial charge on any atom is -0.398 e. The summed E-state index contributed by atoms with van der Waals surface area (Å²) in [5.41, 5.74) is 8.27. The highest BCUT2D eigenvalue weighted by Gasteiger charge is 2.43. The van der Waals surface area contributed by atoms with Gasteiger partial charge in [-0.2, -0.15) is 0 Å². The van der Waals surface area contributed by atoms with Crippen molar-refractivity contribution in [2.24, 2.45) is 22.7 Å². The van der Waals surface area contributed by atoms with Crippen molar-refractivity contribution in [1.82, 2.24) is 5.06 Å². The molecule has 1 aliphatic carbocycles. The van der Waals surface area contributed by atoms with Crippen LogP contribution in [0.1, 0.15) is 52.5 Å². The molecule has 0 radical (unpaired) electrons. The number of rotatable bonds is 7. The number of hydroxylamine groups is 2. The molecule has 3 N–H and O–H groups in total.